The zero-order valence-corrected chi connectivity index (χ0v) is 15.4. The molecule has 0 unspecified atom stereocenters. The van der Waals surface area contributed by atoms with Gasteiger partial charge in [-0.05, 0) is 24.6 Å². The number of benzene rings is 1. The summed E-state index contributed by atoms with van der Waals surface area (Å²) in [5.41, 5.74) is 3.70. The number of aromatic amines is 1. The van der Waals surface area contributed by atoms with E-state index in [0.29, 0.717) is 36.5 Å². The maximum Gasteiger partial charge on any atom is 0.272 e. The Hall–Kier alpha value is -3.39. The van der Waals surface area contributed by atoms with Crippen LogP contribution in [0.1, 0.15) is 22.4 Å². The van der Waals surface area contributed by atoms with Crippen molar-refractivity contribution in [2.45, 2.75) is 26.4 Å². The third kappa shape index (κ3) is 3.54. The third-order valence-electron chi connectivity index (χ3n) is 4.96. The van der Waals surface area contributed by atoms with Gasteiger partial charge in [-0.2, -0.15) is 0 Å². The first-order valence-corrected chi connectivity index (χ1v) is 9.00. The molecule has 0 amide bonds. The van der Waals surface area contributed by atoms with E-state index in [4.69, 9.17) is 0 Å². The summed E-state index contributed by atoms with van der Waals surface area (Å²) in [5.74, 6) is 0.527. The van der Waals surface area contributed by atoms with Gasteiger partial charge in [-0.15, -0.1) is 0 Å². The Balaban J connectivity index is 1.57. The molecule has 4 rings (SSSR count). The van der Waals surface area contributed by atoms with Gasteiger partial charge in [0.1, 0.15) is 5.82 Å². The molecule has 1 aliphatic rings. The summed E-state index contributed by atoms with van der Waals surface area (Å²) >= 11 is 0. The van der Waals surface area contributed by atoms with Crippen LogP contribution in [0.2, 0.25) is 0 Å². The average molecular weight is 377 g/mol. The predicted molar refractivity (Wildman–Crippen MR) is 104 cm³/mol. The van der Waals surface area contributed by atoms with Crippen LogP contribution in [-0.4, -0.2) is 31.3 Å². The molecule has 3 heterocycles. The first-order chi connectivity index (χ1) is 13.5. The molecule has 0 aliphatic carbocycles. The Morgan fingerprint density at radius 3 is 2.93 bits per heavy atom. The molecule has 8 heteroatoms. The van der Waals surface area contributed by atoms with Gasteiger partial charge in [0.05, 0.1) is 16.2 Å². The van der Waals surface area contributed by atoms with E-state index in [9.17, 15) is 14.9 Å². The first kappa shape index (κ1) is 18.0. The number of nitrogens with zero attached hydrogens (tertiary/aromatic N) is 4. The van der Waals surface area contributed by atoms with Crippen molar-refractivity contribution in [3.8, 4) is 11.4 Å². The number of aryl methyl sites for hydroxylation is 1. The van der Waals surface area contributed by atoms with Crippen molar-refractivity contribution in [3.63, 3.8) is 0 Å². The molecule has 1 N–H and O–H groups in total. The SMILES string of the molecule is Cc1ccc(CN2CCc3nc(-c4cccnc4)[nH]c(=O)c3C2)cc1[N+](=O)[O-]. The number of hydrogen-bond donors (Lipinski definition) is 1. The van der Waals surface area contributed by atoms with E-state index in [1.54, 1.807) is 37.5 Å². The van der Waals surface area contributed by atoms with Crippen LogP contribution in [0.15, 0.2) is 47.5 Å². The number of nitro benzene ring substituents is 1. The summed E-state index contributed by atoms with van der Waals surface area (Å²) in [4.78, 5) is 37.1. The molecule has 3 aromatic rings. The molecule has 2 aromatic heterocycles. The number of nitrogens with one attached hydrogen (secondary N) is 1. The van der Waals surface area contributed by atoms with Crippen LogP contribution in [0.3, 0.4) is 0 Å². The number of H-pyrrole nitrogens is 1. The lowest BCUT2D eigenvalue weighted by atomic mass is 10.0. The number of nitro groups is 1. The Morgan fingerprint density at radius 2 is 2.18 bits per heavy atom. The summed E-state index contributed by atoms with van der Waals surface area (Å²) < 4.78 is 0. The number of rotatable bonds is 4. The van der Waals surface area contributed by atoms with Crippen molar-refractivity contribution in [2.75, 3.05) is 6.54 Å². The summed E-state index contributed by atoms with van der Waals surface area (Å²) in [6.07, 6.45) is 4.00. The lowest BCUT2D eigenvalue weighted by Gasteiger charge is -2.27. The molecule has 0 saturated heterocycles. The zero-order valence-electron chi connectivity index (χ0n) is 15.4. The van der Waals surface area contributed by atoms with Gasteiger partial charge < -0.3 is 4.98 Å². The van der Waals surface area contributed by atoms with Crippen LogP contribution < -0.4 is 5.56 Å². The van der Waals surface area contributed by atoms with E-state index in [1.807, 2.05) is 12.1 Å². The second-order valence-corrected chi connectivity index (χ2v) is 6.92. The minimum absolute atomic E-state index is 0.121. The highest BCUT2D eigenvalue weighted by Gasteiger charge is 2.22. The summed E-state index contributed by atoms with van der Waals surface area (Å²) in [6.45, 7) is 3.47. The molecule has 28 heavy (non-hydrogen) atoms. The van der Waals surface area contributed by atoms with E-state index >= 15 is 0 Å². The number of fused-ring (bicyclic) bond motifs is 1. The molecular weight excluding hydrogens is 358 g/mol. The van der Waals surface area contributed by atoms with E-state index in [-0.39, 0.29) is 16.2 Å². The second kappa shape index (κ2) is 7.32. The molecule has 0 radical (unpaired) electrons. The van der Waals surface area contributed by atoms with Crippen molar-refractivity contribution in [2.24, 2.45) is 0 Å². The maximum absolute atomic E-state index is 12.6. The molecule has 1 aliphatic heterocycles. The molecule has 142 valence electrons. The van der Waals surface area contributed by atoms with Crippen LogP contribution in [0, 0.1) is 17.0 Å². The molecular formula is C20H19N5O3. The number of pyridine rings is 1. The fourth-order valence-electron chi connectivity index (χ4n) is 3.46. The topological polar surface area (TPSA) is 105 Å². The smallest absolute Gasteiger partial charge is 0.272 e. The van der Waals surface area contributed by atoms with Crippen LogP contribution in [0.5, 0.6) is 0 Å². The predicted octanol–water partition coefficient (Wildman–Crippen LogP) is 2.61. The van der Waals surface area contributed by atoms with Gasteiger partial charge >= 0.3 is 0 Å². The van der Waals surface area contributed by atoms with Gasteiger partial charge in [0.25, 0.3) is 11.2 Å². The summed E-state index contributed by atoms with van der Waals surface area (Å²) in [5, 5.41) is 11.2. The molecule has 0 spiro atoms. The van der Waals surface area contributed by atoms with Gasteiger partial charge in [0.15, 0.2) is 0 Å². The Morgan fingerprint density at radius 1 is 1.32 bits per heavy atom. The molecule has 0 bridgehead atoms. The van der Waals surface area contributed by atoms with E-state index < -0.39 is 0 Å². The lowest BCUT2D eigenvalue weighted by Crippen LogP contribution is -2.35. The quantitative estimate of drug-likeness (QED) is 0.553. The maximum atomic E-state index is 12.6. The van der Waals surface area contributed by atoms with E-state index in [2.05, 4.69) is 19.9 Å². The van der Waals surface area contributed by atoms with Crippen molar-refractivity contribution >= 4 is 5.69 Å². The fraction of sp³-hybridized carbons (Fsp3) is 0.250. The van der Waals surface area contributed by atoms with Crippen molar-refractivity contribution in [1.82, 2.24) is 19.9 Å². The highest BCUT2D eigenvalue weighted by atomic mass is 16.6. The molecule has 0 atom stereocenters. The minimum Gasteiger partial charge on any atom is -0.306 e. The standard InChI is InChI=1S/C20H19N5O3/c1-13-4-5-14(9-18(13)25(27)28)11-24-8-6-17-16(12-24)20(26)23-19(22-17)15-3-2-7-21-10-15/h2-5,7,9-10H,6,8,11-12H2,1H3,(H,22,23,26). The molecule has 0 fully saturated rings. The van der Waals surface area contributed by atoms with E-state index in [1.165, 1.54) is 0 Å². The van der Waals surface area contributed by atoms with E-state index in [0.717, 1.165) is 23.4 Å². The Bertz CT molecular complexity index is 1090. The largest absolute Gasteiger partial charge is 0.306 e. The van der Waals surface area contributed by atoms with Crippen LogP contribution >= 0.6 is 0 Å². The molecule has 0 saturated carbocycles. The van der Waals surface area contributed by atoms with Gasteiger partial charge in [-0.1, -0.05) is 12.1 Å². The third-order valence-corrected chi connectivity index (χ3v) is 4.96. The van der Waals surface area contributed by atoms with Gasteiger partial charge in [-0.25, -0.2) is 4.98 Å². The summed E-state index contributed by atoms with van der Waals surface area (Å²) in [7, 11) is 0. The highest BCUT2D eigenvalue weighted by Crippen LogP contribution is 2.23. The van der Waals surface area contributed by atoms with Crippen LogP contribution in [0.4, 0.5) is 5.69 Å². The van der Waals surface area contributed by atoms with Crippen molar-refractivity contribution in [3.05, 3.63) is 85.6 Å². The second-order valence-electron chi connectivity index (χ2n) is 6.92. The highest BCUT2D eigenvalue weighted by molar-refractivity contribution is 5.53. The van der Waals surface area contributed by atoms with Gasteiger partial charge in [-0.3, -0.25) is 24.8 Å². The van der Waals surface area contributed by atoms with Gasteiger partial charge in [0, 0.05) is 55.6 Å². The lowest BCUT2D eigenvalue weighted by molar-refractivity contribution is -0.385. The molecule has 8 nitrogen and oxygen atoms in total. The average Bonchev–Trinajstić information content (AvgIpc) is 2.70. The Labute approximate surface area is 161 Å². The van der Waals surface area contributed by atoms with Gasteiger partial charge in [0.2, 0.25) is 0 Å². The zero-order chi connectivity index (χ0) is 19.7. The first-order valence-electron chi connectivity index (χ1n) is 9.00. The van der Waals surface area contributed by atoms with Crippen LogP contribution in [0.25, 0.3) is 11.4 Å². The normalized spacial score (nSPS) is 13.9. The minimum atomic E-state index is -0.362. The van der Waals surface area contributed by atoms with Crippen molar-refractivity contribution in [1.29, 1.82) is 0 Å². The number of aromatic nitrogens is 3. The van der Waals surface area contributed by atoms with Crippen molar-refractivity contribution < 1.29 is 4.92 Å². The fourth-order valence-corrected chi connectivity index (χ4v) is 3.46. The molecule has 1 aromatic carbocycles. The summed E-state index contributed by atoms with van der Waals surface area (Å²) in [6, 6.07) is 8.93. The Kier molecular flexibility index (Phi) is 4.70. The number of hydrogen-bond acceptors (Lipinski definition) is 6. The monoisotopic (exact) mass is 377 g/mol. The van der Waals surface area contributed by atoms with Crippen LogP contribution in [-0.2, 0) is 19.5 Å².